The summed E-state index contributed by atoms with van der Waals surface area (Å²) in [7, 11) is 0. The Bertz CT molecular complexity index is 718. The van der Waals surface area contributed by atoms with Crippen molar-refractivity contribution in [1.29, 1.82) is 0 Å². The van der Waals surface area contributed by atoms with Gasteiger partial charge in [0.15, 0.2) is 0 Å². The SMILES string of the molecule is CC(C)NC(=O)C1CN[C@@H]2Cc3c[nH]c4cccc(c34)C2C1. The Morgan fingerprint density at radius 3 is 3.05 bits per heavy atom. The number of benzene rings is 1. The normalized spacial score (nSPS) is 27.0. The van der Waals surface area contributed by atoms with E-state index in [0.29, 0.717) is 12.0 Å². The van der Waals surface area contributed by atoms with Gasteiger partial charge in [-0.1, -0.05) is 12.1 Å². The lowest BCUT2D eigenvalue weighted by atomic mass is 9.73. The topological polar surface area (TPSA) is 56.9 Å². The fourth-order valence-corrected chi connectivity index (χ4v) is 4.14. The molecule has 1 saturated heterocycles. The van der Waals surface area contributed by atoms with Crippen LogP contribution in [0.3, 0.4) is 0 Å². The van der Waals surface area contributed by atoms with Gasteiger partial charge in [-0.25, -0.2) is 0 Å². The van der Waals surface area contributed by atoms with Crippen LogP contribution in [0.2, 0.25) is 0 Å². The van der Waals surface area contributed by atoms with Crippen LogP contribution in [-0.2, 0) is 11.2 Å². The molecule has 3 N–H and O–H groups in total. The molecule has 0 spiro atoms. The summed E-state index contributed by atoms with van der Waals surface area (Å²) in [6.45, 7) is 4.82. The lowest BCUT2D eigenvalue weighted by Crippen LogP contribution is -2.51. The molecule has 116 valence electrons. The molecule has 0 bridgehead atoms. The molecule has 1 aliphatic carbocycles. The van der Waals surface area contributed by atoms with Crippen molar-refractivity contribution in [2.24, 2.45) is 5.92 Å². The molecule has 3 atom stereocenters. The highest BCUT2D eigenvalue weighted by Crippen LogP contribution is 2.41. The predicted molar refractivity (Wildman–Crippen MR) is 87.9 cm³/mol. The molecule has 0 radical (unpaired) electrons. The third-order valence-electron chi connectivity index (χ3n) is 5.11. The van der Waals surface area contributed by atoms with Gasteiger partial charge in [-0.15, -0.1) is 0 Å². The van der Waals surface area contributed by atoms with Gasteiger partial charge in [0.25, 0.3) is 0 Å². The summed E-state index contributed by atoms with van der Waals surface area (Å²) in [5.41, 5.74) is 4.03. The number of carbonyl (C=O) groups is 1. The molecule has 4 heteroatoms. The Labute approximate surface area is 130 Å². The van der Waals surface area contributed by atoms with Gasteiger partial charge in [-0.05, 0) is 43.9 Å². The summed E-state index contributed by atoms with van der Waals surface area (Å²) in [6, 6.07) is 7.16. The summed E-state index contributed by atoms with van der Waals surface area (Å²) in [6.07, 6.45) is 4.14. The van der Waals surface area contributed by atoms with Gasteiger partial charge >= 0.3 is 0 Å². The lowest BCUT2D eigenvalue weighted by Gasteiger charge is -2.40. The molecule has 0 saturated carbocycles. The largest absolute Gasteiger partial charge is 0.361 e. The average Bonchev–Trinajstić information content (AvgIpc) is 2.91. The zero-order valence-electron chi connectivity index (χ0n) is 13.1. The Morgan fingerprint density at radius 1 is 1.36 bits per heavy atom. The van der Waals surface area contributed by atoms with Crippen molar-refractivity contribution >= 4 is 16.8 Å². The minimum Gasteiger partial charge on any atom is -0.361 e. The first-order valence-electron chi connectivity index (χ1n) is 8.26. The van der Waals surface area contributed by atoms with Crippen LogP contribution in [0, 0.1) is 5.92 Å². The van der Waals surface area contributed by atoms with Crippen LogP contribution in [0.1, 0.15) is 37.3 Å². The maximum Gasteiger partial charge on any atom is 0.224 e. The first kappa shape index (κ1) is 13.8. The van der Waals surface area contributed by atoms with Crippen molar-refractivity contribution in [3.8, 4) is 0 Å². The number of hydrogen-bond donors (Lipinski definition) is 3. The van der Waals surface area contributed by atoms with Gasteiger partial charge in [-0.3, -0.25) is 4.79 Å². The Morgan fingerprint density at radius 2 is 2.23 bits per heavy atom. The van der Waals surface area contributed by atoms with E-state index in [-0.39, 0.29) is 17.9 Å². The molecule has 22 heavy (non-hydrogen) atoms. The molecular formula is C18H23N3O. The van der Waals surface area contributed by atoms with Gasteiger partial charge in [0.05, 0.1) is 5.92 Å². The highest BCUT2D eigenvalue weighted by atomic mass is 16.1. The number of piperidine rings is 1. The highest BCUT2D eigenvalue weighted by Gasteiger charge is 2.38. The second-order valence-electron chi connectivity index (χ2n) is 7.00. The molecule has 2 aliphatic rings. The van der Waals surface area contributed by atoms with Crippen LogP contribution in [0.25, 0.3) is 10.9 Å². The summed E-state index contributed by atoms with van der Waals surface area (Å²) in [5, 5.41) is 8.07. The third kappa shape index (κ3) is 2.13. The van der Waals surface area contributed by atoms with E-state index in [4.69, 9.17) is 0 Å². The molecule has 1 aliphatic heterocycles. The molecule has 2 unspecified atom stereocenters. The molecule has 1 aromatic carbocycles. The minimum absolute atomic E-state index is 0.0689. The summed E-state index contributed by atoms with van der Waals surface area (Å²) >= 11 is 0. The zero-order valence-corrected chi connectivity index (χ0v) is 13.1. The maximum absolute atomic E-state index is 12.4. The van der Waals surface area contributed by atoms with Crippen LogP contribution < -0.4 is 10.6 Å². The van der Waals surface area contributed by atoms with Gasteiger partial charge in [0, 0.05) is 41.6 Å². The second-order valence-corrected chi connectivity index (χ2v) is 7.00. The number of aromatic amines is 1. The van der Waals surface area contributed by atoms with E-state index < -0.39 is 0 Å². The number of carbonyl (C=O) groups excluding carboxylic acids is 1. The number of H-pyrrole nitrogens is 1. The Balaban J connectivity index is 1.65. The molecule has 1 amide bonds. The summed E-state index contributed by atoms with van der Waals surface area (Å²) in [4.78, 5) is 15.7. The van der Waals surface area contributed by atoms with Gasteiger partial charge in [0.1, 0.15) is 0 Å². The number of rotatable bonds is 2. The van der Waals surface area contributed by atoms with Crippen molar-refractivity contribution in [3.63, 3.8) is 0 Å². The molecule has 2 heterocycles. The van der Waals surface area contributed by atoms with Crippen molar-refractivity contribution < 1.29 is 4.79 Å². The van der Waals surface area contributed by atoms with Crippen molar-refractivity contribution in [2.45, 2.75) is 44.7 Å². The molecule has 4 rings (SSSR count). The van der Waals surface area contributed by atoms with Crippen LogP contribution >= 0.6 is 0 Å². The highest BCUT2D eigenvalue weighted by molar-refractivity contribution is 5.88. The van der Waals surface area contributed by atoms with Gasteiger partial charge < -0.3 is 15.6 Å². The molecule has 2 aromatic rings. The molecule has 1 fully saturated rings. The third-order valence-corrected chi connectivity index (χ3v) is 5.11. The van der Waals surface area contributed by atoms with E-state index in [1.165, 1.54) is 22.0 Å². The fourth-order valence-electron chi connectivity index (χ4n) is 4.14. The molecule has 4 nitrogen and oxygen atoms in total. The van der Waals surface area contributed by atoms with Crippen LogP contribution in [-0.4, -0.2) is 29.5 Å². The van der Waals surface area contributed by atoms with Gasteiger partial charge in [0.2, 0.25) is 5.91 Å². The fraction of sp³-hybridized carbons (Fsp3) is 0.500. The number of hydrogen-bond acceptors (Lipinski definition) is 2. The van der Waals surface area contributed by atoms with E-state index in [2.05, 4.69) is 40.0 Å². The maximum atomic E-state index is 12.4. The minimum atomic E-state index is 0.0689. The lowest BCUT2D eigenvalue weighted by molar-refractivity contribution is -0.126. The van der Waals surface area contributed by atoms with E-state index in [1.54, 1.807) is 0 Å². The summed E-state index contributed by atoms with van der Waals surface area (Å²) in [5.74, 6) is 0.691. The number of amides is 1. The smallest absolute Gasteiger partial charge is 0.224 e. The van der Waals surface area contributed by atoms with Crippen LogP contribution in [0.5, 0.6) is 0 Å². The summed E-state index contributed by atoms with van der Waals surface area (Å²) < 4.78 is 0. The zero-order chi connectivity index (χ0) is 15.3. The average molecular weight is 297 g/mol. The van der Waals surface area contributed by atoms with Gasteiger partial charge in [-0.2, -0.15) is 0 Å². The Kier molecular flexibility index (Phi) is 3.22. The Hall–Kier alpha value is -1.81. The van der Waals surface area contributed by atoms with Crippen molar-refractivity contribution in [1.82, 2.24) is 15.6 Å². The van der Waals surface area contributed by atoms with E-state index >= 15 is 0 Å². The van der Waals surface area contributed by atoms with Crippen molar-refractivity contribution in [3.05, 3.63) is 35.5 Å². The predicted octanol–water partition coefficient (Wildman–Crippen LogP) is 2.31. The number of nitrogens with one attached hydrogen (secondary N) is 3. The van der Waals surface area contributed by atoms with E-state index in [1.807, 2.05) is 13.8 Å². The van der Waals surface area contributed by atoms with Crippen molar-refractivity contribution in [2.75, 3.05) is 6.54 Å². The number of fused-ring (bicyclic) bond motifs is 2. The van der Waals surface area contributed by atoms with E-state index in [9.17, 15) is 4.79 Å². The second kappa shape index (κ2) is 5.13. The van der Waals surface area contributed by atoms with Crippen LogP contribution in [0.4, 0.5) is 0 Å². The number of aromatic nitrogens is 1. The molecular weight excluding hydrogens is 274 g/mol. The molecule has 1 aromatic heterocycles. The van der Waals surface area contributed by atoms with Crippen LogP contribution in [0.15, 0.2) is 24.4 Å². The van der Waals surface area contributed by atoms with E-state index in [0.717, 1.165) is 19.4 Å². The monoisotopic (exact) mass is 297 g/mol. The standard InChI is InChI=1S/C18H23N3O/c1-10(2)21-18(22)12-6-14-13-4-3-5-15-17(13)11(8-19-15)7-16(14)20-9-12/h3-5,8,10,12,14,16,19-20H,6-7,9H2,1-2H3,(H,21,22)/t12?,14?,16-/m1/s1. The first-order chi connectivity index (χ1) is 10.6. The quantitative estimate of drug-likeness (QED) is 0.797. The first-order valence-corrected chi connectivity index (χ1v) is 8.26.